The second kappa shape index (κ2) is 3.49. The second-order valence-electron chi connectivity index (χ2n) is 3.13. The standard InChI is InChI=1S/C8H10N4O2/c13-6-3-5(4-11-6)7(14)12-8-9-1-2-10-8/h1-2,5H,3-4H2,(H,11,13)(H2,9,10,12,14). The van der Waals surface area contributed by atoms with E-state index in [1.807, 2.05) is 0 Å². The van der Waals surface area contributed by atoms with Gasteiger partial charge in [0.2, 0.25) is 17.8 Å². The molecule has 0 aromatic carbocycles. The molecule has 6 heteroatoms. The van der Waals surface area contributed by atoms with Crippen LogP contribution in [-0.2, 0) is 9.59 Å². The molecule has 14 heavy (non-hydrogen) atoms. The van der Waals surface area contributed by atoms with Crippen LogP contribution < -0.4 is 10.6 Å². The highest BCUT2D eigenvalue weighted by molar-refractivity contribution is 5.96. The van der Waals surface area contributed by atoms with Gasteiger partial charge < -0.3 is 10.3 Å². The predicted octanol–water partition coefficient (Wildman–Crippen LogP) is -0.516. The Morgan fingerprint density at radius 3 is 3.07 bits per heavy atom. The number of amides is 2. The monoisotopic (exact) mass is 194 g/mol. The highest BCUT2D eigenvalue weighted by Crippen LogP contribution is 2.10. The molecule has 0 spiro atoms. The summed E-state index contributed by atoms with van der Waals surface area (Å²) in [6.45, 7) is 0.408. The number of H-pyrrole nitrogens is 1. The third kappa shape index (κ3) is 1.73. The molecule has 0 radical (unpaired) electrons. The molecular formula is C8H10N4O2. The van der Waals surface area contributed by atoms with Crippen molar-refractivity contribution in [2.24, 2.45) is 5.92 Å². The number of hydrogen-bond donors (Lipinski definition) is 3. The van der Waals surface area contributed by atoms with E-state index in [-0.39, 0.29) is 24.2 Å². The first-order valence-electron chi connectivity index (χ1n) is 4.32. The number of aromatic amines is 1. The fraction of sp³-hybridized carbons (Fsp3) is 0.375. The molecule has 1 aliphatic rings. The van der Waals surface area contributed by atoms with Gasteiger partial charge in [-0.05, 0) is 0 Å². The van der Waals surface area contributed by atoms with Crippen molar-refractivity contribution in [3.63, 3.8) is 0 Å². The van der Waals surface area contributed by atoms with Gasteiger partial charge in [-0.25, -0.2) is 4.98 Å². The quantitative estimate of drug-likeness (QED) is 0.592. The average Bonchev–Trinajstić information content (AvgIpc) is 2.75. The number of anilines is 1. The Morgan fingerprint density at radius 2 is 2.50 bits per heavy atom. The largest absolute Gasteiger partial charge is 0.355 e. The Hall–Kier alpha value is -1.85. The summed E-state index contributed by atoms with van der Waals surface area (Å²) in [7, 11) is 0. The van der Waals surface area contributed by atoms with E-state index in [2.05, 4.69) is 20.6 Å². The summed E-state index contributed by atoms with van der Waals surface area (Å²) in [6, 6.07) is 0. The van der Waals surface area contributed by atoms with E-state index in [4.69, 9.17) is 0 Å². The van der Waals surface area contributed by atoms with Gasteiger partial charge in [0.15, 0.2) is 0 Å². The second-order valence-corrected chi connectivity index (χ2v) is 3.13. The van der Waals surface area contributed by atoms with Crippen LogP contribution >= 0.6 is 0 Å². The molecule has 1 unspecified atom stereocenters. The summed E-state index contributed by atoms with van der Waals surface area (Å²) in [5, 5.41) is 5.19. The number of carbonyl (C=O) groups is 2. The fourth-order valence-electron chi connectivity index (χ4n) is 1.34. The SMILES string of the molecule is O=C1CC(C(=O)Nc2ncc[nH]2)CN1. The normalized spacial score (nSPS) is 20.6. The minimum absolute atomic E-state index is 0.0791. The molecule has 0 bridgehead atoms. The number of aromatic nitrogens is 2. The maximum atomic E-state index is 11.5. The molecule has 1 aromatic rings. The van der Waals surface area contributed by atoms with Gasteiger partial charge in [-0.1, -0.05) is 0 Å². The van der Waals surface area contributed by atoms with Gasteiger partial charge in [-0.2, -0.15) is 0 Å². The average molecular weight is 194 g/mol. The van der Waals surface area contributed by atoms with E-state index in [0.29, 0.717) is 12.5 Å². The van der Waals surface area contributed by atoms with Gasteiger partial charge in [0.25, 0.3) is 0 Å². The minimum atomic E-state index is -0.285. The fourth-order valence-corrected chi connectivity index (χ4v) is 1.34. The maximum absolute atomic E-state index is 11.5. The molecule has 2 heterocycles. The lowest BCUT2D eigenvalue weighted by atomic mass is 10.1. The van der Waals surface area contributed by atoms with Crippen molar-refractivity contribution in [3.05, 3.63) is 12.4 Å². The number of hydrogen-bond acceptors (Lipinski definition) is 3. The van der Waals surface area contributed by atoms with Crippen molar-refractivity contribution >= 4 is 17.8 Å². The molecule has 3 N–H and O–H groups in total. The van der Waals surface area contributed by atoms with E-state index >= 15 is 0 Å². The zero-order valence-corrected chi connectivity index (χ0v) is 7.41. The van der Waals surface area contributed by atoms with Crippen molar-refractivity contribution in [2.45, 2.75) is 6.42 Å². The van der Waals surface area contributed by atoms with Crippen LogP contribution in [-0.4, -0.2) is 28.3 Å². The minimum Gasteiger partial charge on any atom is -0.355 e. The number of imidazole rings is 1. The molecule has 74 valence electrons. The molecule has 1 fully saturated rings. The van der Waals surface area contributed by atoms with Crippen LogP contribution in [0.3, 0.4) is 0 Å². The smallest absolute Gasteiger partial charge is 0.232 e. The van der Waals surface area contributed by atoms with Gasteiger partial charge in [0, 0.05) is 25.4 Å². The molecular weight excluding hydrogens is 184 g/mol. The first kappa shape index (κ1) is 8.74. The Balaban J connectivity index is 1.93. The van der Waals surface area contributed by atoms with E-state index in [1.165, 1.54) is 0 Å². The summed E-state index contributed by atoms with van der Waals surface area (Å²) in [4.78, 5) is 28.9. The number of rotatable bonds is 2. The first-order valence-corrected chi connectivity index (χ1v) is 4.32. The lowest BCUT2D eigenvalue weighted by molar-refractivity contribution is -0.123. The maximum Gasteiger partial charge on any atom is 0.232 e. The van der Waals surface area contributed by atoms with Crippen molar-refractivity contribution in [1.29, 1.82) is 0 Å². The summed E-state index contributed by atoms with van der Waals surface area (Å²) < 4.78 is 0. The molecule has 1 aliphatic heterocycles. The van der Waals surface area contributed by atoms with Gasteiger partial charge >= 0.3 is 0 Å². The molecule has 1 saturated heterocycles. The van der Waals surface area contributed by atoms with Crippen molar-refractivity contribution in [3.8, 4) is 0 Å². The van der Waals surface area contributed by atoms with Crippen LogP contribution in [0.1, 0.15) is 6.42 Å². The summed E-state index contributed by atoms with van der Waals surface area (Å²) in [5.41, 5.74) is 0. The van der Waals surface area contributed by atoms with Crippen molar-refractivity contribution in [1.82, 2.24) is 15.3 Å². The van der Waals surface area contributed by atoms with E-state index in [0.717, 1.165) is 0 Å². The zero-order chi connectivity index (χ0) is 9.97. The summed E-state index contributed by atoms with van der Waals surface area (Å²) in [5.74, 6) is -0.134. The third-order valence-electron chi connectivity index (χ3n) is 2.09. The Labute approximate surface area is 80.1 Å². The van der Waals surface area contributed by atoms with Gasteiger partial charge in [0.05, 0.1) is 5.92 Å². The van der Waals surface area contributed by atoms with Gasteiger partial charge in [0.1, 0.15) is 0 Å². The van der Waals surface area contributed by atoms with Crippen LogP contribution in [0.4, 0.5) is 5.95 Å². The lowest BCUT2D eigenvalue weighted by Gasteiger charge is -2.05. The molecule has 6 nitrogen and oxygen atoms in total. The topological polar surface area (TPSA) is 86.9 Å². The summed E-state index contributed by atoms with van der Waals surface area (Å²) >= 11 is 0. The number of nitrogens with zero attached hydrogens (tertiary/aromatic N) is 1. The Bertz CT molecular complexity index is 346. The summed E-state index contributed by atoms with van der Waals surface area (Å²) in [6.07, 6.45) is 3.42. The van der Waals surface area contributed by atoms with Crippen LogP contribution in [0.25, 0.3) is 0 Å². The Morgan fingerprint density at radius 1 is 1.64 bits per heavy atom. The van der Waals surface area contributed by atoms with Crippen molar-refractivity contribution in [2.75, 3.05) is 11.9 Å². The Kier molecular flexibility index (Phi) is 2.18. The van der Waals surface area contributed by atoms with Crippen LogP contribution in [0, 0.1) is 5.92 Å². The molecule has 1 atom stereocenters. The van der Waals surface area contributed by atoms with E-state index in [1.54, 1.807) is 12.4 Å². The van der Waals surface area contributed by atoms with Crippen LogP contribution in [0.15, 0.2) is 12.4 Å². The van der Waals surface area contributed by atoms with Gasteiger partial charge in [-0.3, -0.25) is 14.9 Å². The molecule has 0 saturated carbocycles. The third-order valence-corrected chi connectivity index (χ3v) is 2.09. The van der Waals surface area contributed by atoms with Crippen LogP contribution in [0.5, 0.6) is 0 Å². The van der Waals surface area contributed by atoms with Gasteiger partial charge in [-0.15, -0.1) is 0 Å². The van der Waals surface area contributed by atoms with E-state index in [9.17, 15) is 9.59 Å². The number of nitrogens with one attached hydrogen (secondary N) is 3. The molecule has 2 rings (SSSR count). The highest BCUT2D eigenvalue weighted by atomic mass is 16.2. The predicted molar refractivity (Wildman–Crippen MR) is 48.3 cm³/mol. The first-order chi connectivity index (χ1) is 6.75. The van der Waals surface area contributed by atoms with Crippen LogP contribution in [0.2, 0.25) is 0 Å². The molecule has 0 aliphatic carbocycles. The molecule has 2 amide bonds. The zero-order valence-electron chi connectivity index (χ0n) is 7.41. The number of carbonyl (C=O) groups excluding carboxylic acids is 2. The van der Waals surface area contributed by atoms with Crippen molar-refractivity contribution < 1.29 is 9.59 Å². The lowest BCUT2D eigenvalue weighted by Crippen LogP contribution is -2.25. The highest BCUT2D eigenvalue weighted by Gasteiger charge is 2.28. The molecule has 1 aromatic heterocycles. The van der Waals surface area contributed by atoms with E-state index < -0.39 is 0 Å².